The van der Waals surface area contributed by atoms with Crippen molar-refractivity contribution >= 4 is 10.0 Å². The van der Waals surface area contributed by atoms with Crippen LogP contribution in [0.25, 0.3) is 0 Å². The van der Waals surface area contributed by atoms with Crippen molar-refractivity contribution in [3.05, 3.63) is 35.4 Å². The van der Waals surface area contributed by atoms with Crippen LogP contribution in [0.5, 0.6) is 0 Å². The van der Waals surface area contributed by atoms with Gasteiger partial charge in [0.05, 0.1) is 5.25 Å². The van der Waals surface area contributed by atoms with Crippen LogP contribution in [-0.4, -0.2) is 13.7 Å². The van der Waals surface area contributed by atoms with E-state index in [9.17, 15) is 8.42 Å². The molecule has 0 aromatic heterocycles. The van der Waals surface area contributed by atoms with Crippen LogP contribution < -0.4 is 10.5 Å². The van der Waals surface area contributed by atoms with Gasteiger partial charge in [-0.3, -0.25) is 0 Å². The van der Waals surface area contributed by atoms with Crippen molar-refractivity contribution in [1.29, 1.82) is 0 Å². The molecule has 0 spiro atoms. The molecule has 4 nitrogen and oxygen atoms in total. The van der Waals surface area contributed by atoms with Gasteiger partial charge in [-0.25, -0.2) is 13.1 Å². The summed E-state index contributed by atoms with van der Waals surface area (Å²) in [6.07, 6.45) is 4.78. The van der Waals surface area contributed by atoms with Crippen molar-refractivity contribution in [3.63, 3.8) is 0 Å². The van der Waals surface area contributed by atoms with E-state index >= 15 is 0 Å². The Morgan fingerprint density at radius 1 is 1.16 bits per heavy atom. The van der Waals surface area contributed by atoms with Crippen molar-refractivity contribution in [2.45, 2.75) is 50.4 Å². The van der Waals surface area contributed by atoms with E-state index in [-0.39, 0.29) is 5.25 Å². The molecule has 5 heteroatoms. The summed E-state index contributed by atoms with van der Waals surface area (Å²) < 4.78 is 27.1. The van der Waals surface area contributed by atoms with Crippen LogP contribution in [0, 0.1) is 0 Å². The molecule has 19 heavy (non-hydrogen) atoms. The molecule has 1 saturated carbocycles. The summed E-state index contributed by atoms with van der Waals surface area (Å²) in [6.45, 7) is 0.829. The average Bonchev–Trinajstić information content (AvgIpc) is 2.46. The summed E-state index contributed by atoms with van der Waals surface area (Å²) in [6, 6.07) is 7.72. The van der Waals surface area contributed by atoms with Gasteiger partial charge in [-0.05, 0) is 24.0 Å². The van der Waals surface area contributed by atoms with Crippen LogP contribution in [0.2, 0.25) is 0 Å². The minimum atomic E-state index is -3.18. The Bertz CT molecular complexity index is 508. The number of hydrogen-bond acceptors (Lipinski definition) is 3. The molecule has 1 aromatic rings. The fourth-order valence-electron chi connectivity index (χ4n) is 2.54. The highest BCUT2D eigenvalue weighted by Crippen LogP contribution is 2.23. The normalized spacial score (nSPS) is 17.5. The predicted octanol–water partition coefficient (Wildman–Crippen LogP) is 1.90. The average molecular weight is 282 g/mol. The topological polar surface area (TPSA) is 72.2 Å². The zero-order valence-electron chi connectivity index (χ0n) is 11.1. The third kappa shape index (κ3) is 4.03. The number of nitrogens with one attached hydrogen (secondary N) is 1. The van der Waals surface area contributed by atoms with Gasteiger partial charge in [-0.15, -0.1) is 0 Å². The molecular weight excluding hydrogens is 260 g/mol. The van der Waals surface area contributed by atoms with Gasteiger partial charge in [0.2, 0.25) is 10.0 Å². The first-order chi connectivity index (χ1) is 9.12. The lowest BCUT2D eigenvalue weighted by atomic mass is 10.0. The third-order valence-electron chi connectivity index (χ3n) is 3.70. The monoisotopic (exact) mass is 282 g/mol. The van der Waals surface area contributed by atoms with Crippen molar-refractivity contribution in [2.75, 3.05) is 0 Å². The SMILES string of the molecule is NCc1cccc(CNS(=O)(=O)C2CCCCC2)c1. The van der Waals surface area contributed by atoms with Gasteiger partial charge in [0.25, 0.3) is 0 Å². The standard InChI is InChI=1S/C14H22N2O2S/c15-10-12-5-4-6-13(9-12)11-16-19(17,18)14-7-2-1-3-8-14/h4-6,9,14,16H,1-3,7-8,10-11,15H2. The van der Waals surface area contributed by atoms with Crippen LogP contribution in [0.15, 0.2) is 24.3 Å². The molecule has 0 radical (unpaired) electrons. The number of sulfonamides is 1. The van der Waals surface area contributed by atoms with Gasteiger partial charge in [0.15, 0.2) is 0 Å². The second-order valence-corrected chi connectivity index (χ2v) is 7.20. The summed E-state index contributed by atoms with van der Waals surface area (Å²) >= 11 is 0. The molecule has 1 fully saturated rings. The molecule has 3 N–H and O–H groups in total. The lowest BCUT2D eigenvalue weighted by Gasteiger charge is -2.22. The Morgan fingerprint density at radius 3 is 2.53 bits per heavy atom. The molecule has 0 heterocycles. The summed E-state index contributed by atoms with van der Waals surface area (Å²) in [5.74, 6) is 0. The van der Waals surface area contributed by atoms with Gasteiger partial charge in [0, 0.05) is 13.1 Å². The third-order valence-corrected chi connectivity index (χ3v) is 5.59. The lowest BCUT2D eigenvalue weighted by Crippen LogP contribution is -2.35. The summed E-state index contributed by atoms with van der Waals surface area (Å²) in [7, 11) is -3.18. The fourth-order valence-corrected chi connectivity index (χ4v) is 4.10. The van der Waals surface area contributed by atoms with Gasteiger partial charge in [0.1, 0.15) is 0 Å². The Labute approximate surface area is 115 Å². The maximum atomic E-state index is 12.2. The zero-order chi connectivity index (χ0) is 13.7. The molecule has 0 aliphatic heterocycles. The van der Waals surface area contributed by atoms with Gasteiger partial charge in [-0.2, -0.15) is 0 Å². The Kier molecular flexibility index (Phi) is 4.96. The highest BCUT2D eigenvalue weighted by Gasteiger charge is 2.26. The Hall–Kier alpha value is -0.910. The van der Waals surface area contributed by atoms with Gasteiger partial charge < -0.3 is 5.73 Å². The van der Waals surface area contributed by atoms with Crippen molar-refractivity contribution in [3.8, 4) is 0 Å². The minimum absolute atomic E-state index is 0.209. The van der Waals surface area contributed by atoms with E-state index in [0.29, 0.717) is 13.1 Å². The van der Waals surface area contributed by atoms with Crippen molar-refractivity contribution in [1.82, 2.24) is 4.72 Å². The Balaban J connectivity index is 1.96. The van der Waals surface area contributed by atoms with Crippen LogP contribution >= 0.6 is 0 Å². The lowest BCUT2D eigenvalue weighted by molar-refractivity contribution is 0.477. The van der Waals surface area contributed by atoms with E-state index in [4.69, 9.17) is 5.73 Å². The maximum absolute atomic E-state index is 12.2. The van der Waals surface area contributed by atoms with E-state index < -0.39 is 10.0 Å². The van der Waals surface area contributed by atoms with Crippen molar-refractivity contribution < 1.29 is 8.42 Å². The number of benzene rings is 1. The molecule has 0 unspecified atom stereocenters. The molecule has 106 valence electrons. The van der Waals surface area contributed by atoms with Gasteiger partial charge >= 0.3 is 0 Å². The quantitative estimate of drug-likeness (QED) is 0.866. The molecule has 2 rings (SSSR count). The van der Waals surface area contributed by atoms with E-state index in [1.807, 2.05) is 24.3 Å². The summed E-state index contributed by atoms with van der Waals surface area (Å²) in [4.78, 5) is 0. The summed E-state index contributed by atoms with van der Waals surface area (Å²) in [5.41, 5.74) is 7.56. The molecule has 0 saturated heterocycles. The predicted molar refractivity (Wildman–Crippen MR) is 77.0 cm³/mol. The highest BCUT2D eigenvalue weighted by molar-refractivity contribution is 7.90. The molecule has 1 aliphatic carbocycles. The molecular formula is C14H22N2O2S. The van der Waals surface area contributed by atoms with Crippen LogP contribution in [0.1, 0.15) is 43.2 Å². The Morgan fingerprint density at radius 2 is 1.84 bits per heavy atom. The van der Waals surface area contributed by atoms with E-state index in [1.165, 1.54) is 0 Å². The highest BCUT2D eigenvalue weighted by atomic mass is 32.2. The van der Waals surface area contributed by atoms with Gasteiger partial charge in [-0.1, -0.05) is 43.5 Å². The second-order valence-electron chi connectivity index (χ2n) is 5.15. The van der Waals surface area contributed by atoms with Crippen LogP contribution in [-0.2, 0) is 23.1 Å². The number of nitrogens with two attached hydrogens (primary N) is 1. The number of hydrogen-bond donors (Lipinski definition) is 2. The first-order valence-electron chi connectivity index (χ1n) is 6.88. The second kappa shape index (κ2) is 6.50. The smallest absolute Gasteiger partial charge is 0.214 e. The molecule has 1 aliphatic rings. The number of rotatable bonds is 5. The summed E-state index contributed by atoms with van der Waals surface area (Å²) in [5, 5.41) is -0.209. The van der Waals surface area contributed by atoms with E-state index in [1.54, 1.807) is 0 Å². The molecule has 1 aromatic carbocycles. The maximum Gasteiger partial charge on any atom is 0.214 e. The first kappa shape index (κ1) is 14.5. The van der Waals surface area contributed by atoms with Crippen molar-refractivity contribution in [2.24, 2.45) is 5.73 Å². The molecule has 0 bridgehead atoms. The van der Waals surface area contributed by atoms with Crippen LogP contribution in [0.3, 0.4) is 0 Å². The minimum Gasteiger partial charge on any atom is -0.326 e. The molecule has 0 amide bonds. The zero-order valence-corrected chi connectivity index (χ0v) is 12.0. The first-order valence-corrected chi connectivity index (χ1v) is 8.43. The van der Waals surface area contributed by atoms with E-state index in [0.717, 1.165) is 43.2 Å². The molecule has 0 atom stereocenters. The largest absolute Gasteiger partial charge is 0.326 e. The van der Waals surface area contributed by atoms with E-state index in [2.05, 4.69) is 4.72 Å². The fraction of sp³-hybridized carbons (Fsp3) is 0.571. The van der Waals surface area contributed by atoms with Crippen LogP contribution in [0.4, 0.5) is 0 Å².